The van der Waals surface area contributed by atoms with Crippen molar-refractivity contribution in [3.63, 3.8) is 0 Å². The van der Waals surface area contributed by atoms with Crippen LogP contribution in [0.3, 0.4) is 0 Å². The van der Waals surface area contributed by atoms with Crippen LogP contribution >= 0.6 is 0 Å². The largest absolute Gasteiger partial charge is 0.488 e. The van der Waals surface area contributed by atoms with Gasteiger partial charge in [-0.15, -0.1) is 0 Å². The fourth-order valence-electron chi connectivity index (χ4n) is 4.37. The Morgan fingerprint density at radius 3 is 2.52 bits per heavy atom. The summed E-state index contributed by atoms with van der Waals surface area (Å²) in [5.74, 6) is -0.910. The van der Waals surface area contributed by atoms with Gasteiger partial charge in [-0.05, 0) is 66.4 Å². The summed E-state index contributed by atoms with van der Waals surface area (Å²) in [6.07, 6.45) is 1.08. The van der Waals surface area contributed by atoms with Gasteiger partial charge in [0.2, 0.25) is 0 Å². The van der Waals surface area contributed by atoms with Gasteiger partial charge in [0.1, 0.15) is 17.7 Å². The molecule has 1 fully saturated rings. The predicted octanol–water partition coefficient (Wildman–Crippen LogP) is 3.68. The van der Waals surface area contributed by atoms with Crippen molar-refractivity contribution >= 4 is 28.3 Å². The summed E-state index contributed by atoms with van der Waals surface area (Å²) in [6, 6.07) is 18.6. The standard InChI is InChI=1S/C26H28N4O3/c1-15(27)24-23(10-11-30-24)33-21-8-6-18(7-9-21)22(26(31)32)13-16-2-3-17-4-5-19(25(28)29)14-20(17)12-16/h2-9,12,14,22-24,27,30H,10-11,13H2,1H3,(H3,28,29)(H,31,32)/t22-,23-,24?/m0/s1. The average Bonchev–Trinajstić information content (AvgIpc) is 3.26. The number of benzene rings is 3. The van der Waals surface area contributed by atoms with Gasteiger partial charge in [0.15, 0.2) is 0 Å². The zero-order chi connectivity index (χ0) is 23.5. The van der Waals surface area contributed by atoms with Crippen molar-refractivity contribution in [1.82, 2.24) is 5.32 Å². The summed E-state index contributed by atoms with van der Waals surface area (Å²) in [7, 11) is 0. The molecule has 3 aromatic carbocycles. The number of nitrogens with one attached hydrogen (secondary N) is 3. The molecule has 0 bridgehead atoms. The fourth-order valence-corrected chi connectivity index (χ4v) is 4.37. The predicted molar refractivity (Wildman–Crippen MR) is 130 cm³/mol. The van der Waals surface area contributed by atoms with Crippen molar-refractivity contribution in [2.75, 3.05) is 6.54 Å². The van der Waals surface area contributed by atoms with E-state index < -0.39 is 11.9 Å². The van der Waals surface area contributed by atoms with Gasteiger partial charge in [0.05, 0.1) is 12.0 Å². The number of nitrogens with two attached hydrogens (primary N) is 1. The molecule has 7 nitrogen and oxygen atoms in total. The van der Waals surface area contributed by atoms with E-state index in [0.717, 1.165) is 29.3 Å². The van der Waals surface area contributed by atoms with Crippen molar-refractivity contribution in [3.05, 3.63) is 77.4 Å². The Morgan fingerprint density at radius 2 is 1.85 bits per heavy atom. The summed E-state index contributed by atoms with van der Waals surface area (Å²) in [5.41, 5.74) is 8.40. The molecule has 0 aromatic heterocycles. The zero-order valence-electron chi connectivity index (χ0n) is 18.5. The van der Waals surface area contributed by atoms with E-state index in [2.05, 4.69) is 5.32 Å². The first-order chi connectivity index (χ1) is 15.8. The molecule has 7 heteroatoms. The zero-order valence-corrected chi connectivity index (χ0v) is 18.5. The minimum Gasteiger partial charge on any atom is -0.488 e. The van der Waals surface area contributed by atoms with Gasteiger partial charge in [-0.3, -0.25) is 10.2 Å². The molecule has 1 saturated heterocycles. The molecule has 0 aliphatic carbocycles. The third-order valence-electron chi connectivity index (χ3n) is 6.15. The Hall–Kier alpha value is -3.71. The summed E-state index contributed by atoms with van der Waals surface area (Å²) < 4.78 is 6.06. The highest BCUT2D eigenvalue weighted by Gasteiger charge is 2.30. The SMILES string of the molecule is CC(=N)C1NCC[C@@H]1Oc1ccc([C@H](Cc2ccc3ccc(C(=N)N)cc3c2)C(=O)O)cc1. The Bertz CT molecular complexity index is 1210. The van der Waals surface area contributed by atoms with Crippen molar-refractivity contribution in [2.45, 2.75) is 37.8 Å². The van der Waals surface area contributed by atoms with Crippen LogP contribution in [0.4, 0.5) is 0 Å². The number of amidine groups is 1. The van der Waals surface area contributed by atoms with Crippen LogP contribution in [0.5, 0.6) is 5.75 Å². The van der Waals surface area contributed by atoms with Gasteiger partial charge >= 0.3 is 5.97 Å². The quantitative estimate of drug-likeness (QED) is 0.267. The lowest BCUT2D eigenvalue weighted by Gasteiger charge is -2.21. The van der Waals surface area contributed by atoms with Crippen LogP contribution in [0.2, 0.25) is 0 Å². The van der Waals surface area contributed by atoms with Crippen molar-refractivity contribution in [2.24, 2.45) is 5.73 Å². The number of nitrogen functional groups attached to an aromatic ring is 1. The summed E-state index contributed by atoms with van der Waals surface area (Å²) in [5, 5.41) is 30.6. The maximum atomic E-state index is 12.1. The fraction of sp³-hybridized carbons (Fsp3) is 0.269. The minimum atomic E-state index is -0.888. The van der Waals surface area contributed by atoms with Crippen molar-refractivity contribution in [3.8, 4) is 5.75 Å². The number of hydrogen-bond donors (Lipinski definition) is 5. The Morgan fingerprint density at radius 1 is 1.12 bits per heavy atom. The average molecular weight is 445 g/mol. The summed E-state index contributed by atoms with van der Waals surface area (Å²) in [6.45, 7) is 2.58. The lowest BCUT2D eigenvalue weighted by Crippen LogP contribution is -2.39. The van der Waals surface area contributed by atoms with Crippen LogP contribution in [-0.2, 0) is 11.2 Å². The van der Waals surface area contributed by atoms with E-state index in [9.17, 15) is 9.90 Å². The third-order valence-corrected chi connectivity index (χ3v) is 6.15. The van der Waals surface area contributed by atoms with Gasteiger partial charge in [0, 0.05) is 11.3 Å². The molecule has 0 saturated carbocycles. The number of ether oxygens (including phenoxy) is 1. The van der Waals surface area contributed by atoms with Crippen molar-refractivity contribution < 1.29 is 14.6 Å². The normalized spacial score (nSPS) is 18.7. The highest BCUT2D eigenvalue weighted by atomic mass is 16.5. The van der Waals surface area contributed by atoms with Gasteiger partial charge in [-0.2, -0.15) is 0 Å². The van der Waals surface area contributed by atoms with Gasteiger partial charge in [-0.25, -0.2) is 0 Å². The summed E-state index contributed by atoms with van der Waals surface area (Å²) in [4.78, 5) is 12.1. The first-order valence-electron chi connectivity index (χ1n) is 11.0. The van der Waals surface area contributed by atoms with Gasteiger partial charge in [-0.1, -0.05) is 42.5 Å². The Kier molecular flexibility index (Phi) is 6.42. The number of rotatable bonds is 8. The Balaban J connectivity index is 1.52. The smallest absolute Gasteiger partial charge is 0.311 e. The molecule has 3 aromatic rings. The molecule has 1 aliphatic heterocycles. The second-order valence-electron chi connectivity index (χ2n) is 8.53. The molecule has 6 N–H and O–H groups in total. The van der Waals surface area contributed by atoms with E-state index in [4.69, 9.17) is 21.3 Å². The van der Waals surface area contributed by atoms with Crippen LogP contribution in [0.15, 0.2) is 60.7 Å². The number of fused-ring (bicyclic) bond motifs is 1. The monoisotopic (exact) mass is 444 g/mol. The third kappa shape index (κ3) is 5.04. The topological polar surface area (TPSA) is 132 Å². The molecule has 3 atom stereocenters. The first-order valence-corrected chi connectivity index (χ1v) is 11.0. The molecule has 1 unspecified atom stereocenters. The van der Waals surface area contributed by atoms with Gasteiger partial charge < -0.3 is 26.3 Å². The highest BCUT2D eigenvalue weighted by Crippen LogP contribution is 2.27. The highest BCUT2D eigenvalue weighted by molar-refractivity contribution is 5.99. The van der Waals surface area contributed by atoms with Crippen LogP contribution < -0.4 is 15.8 Å². The molecule has 1 heterocycles. The van der Waals surface area contributed by atoms with Crippen LogP contribution in [0, 0.1) is 10.8 Å². The lowest BCUT2D eigenvalue weighted by atomic mass is 9.91. The number of carboxylic acids is 1. The second-order valence-corrected chi connectivity index (χ2v) is 8.53. The molecule has 33 heavy (non-hydrogen) atoms. The second kappa shape index (κ2) is 9.42. The molecule has 4 rings (SSSR count). The number of carboxylic acid groups (broad SMARTS) is 1. The molecule has 170 valence electrons. The molecular weight excluding hydrogens is 416 g/mol. The lowest BCUT2D eigenvalue weighted by molar-refractivity contribution is -0.138. The number of hydrogen-bond acceptors (Lipinski definition) is 5. The van der Waals surface area contributed by atoms with E-state index in [1.807, 2.05) is 30.3 Å². The molecular formula is C26H28N4O3. The maximum absolute atomic E-state index is 12.1. The van der Waals surface area contributed by atoms with E-state index in [0.29, 0.717) is 29.0 Å². The Labute approximate surface area is 192 Å². The molecule has 0 spiro atoms. The van der Waals surface area contributed by atoms with E-state index in [1.54, 1.807) is 37.3 Å². The van der Waals surface area contributed by atoms with Gasteiger partial charge in [0.25, 0.3) is 0 Å². The first kappa shape index (κ1) is 22.5. The summed E-state index contributed by atoms with van der Waals surface area (Å²) >= 11 is 0. The van der Waals surface area contributed by atoms with Crippen LogP contribution in [0.25, 0.3) is 10.8 Å². The molecule has 1 aliphatic rings. The number of aliphatic carboxylic acids is 1. The van der Waals surface area contributed by atoms with E-state index in [1.165, 1.54) is 0 Å². The van der Waals surface area contributed by atoms with E-state index in [-0.39, 0.29) is 18.0 Å². The van der Waals surface area contributed by atoms with Crippen molar-refractivity contribution in [1.29, 1.82) is 10.8 Å². The maximum Gasteiger partial charge on any atom is 0.311 e. The van der Waals surface area contributed by atoms with Crippen LogP contribution in [0.1, 0.15) is 36.0 Å². The van der Waals surface area contributed by atoms with Crippen LogP contribution in [-0.4, -0.2) is 41.3 Å². The molecule has 0 amide bonds. The number of carbonyl (C=O) groups is 1. The van der Waals surface area contributed by atoms with E-state index >= 15 is 0 Å². The minimum absolute atomic E-state index is 0.00325. The molecule has 0 radical (unpaired) electrons.